The van der Waals surface area contributed by atoms with Gasteiger partial charge in [0.25, 0.3) is 0 Å². The summed E-state index contributed by atoms with van der Waals surface area (Å²) in [5.41, 5.74) is 1.06. The first-order valence-electron chi connectivity index (χ1n) is 8.86. The fourth-order valence-electron chi connectivity index (χ4n) is 3.83. The minimum absolute atomic E-state index is 0.0287. The van der Waals surface area contributed by atoms with Gasteiger partial charge in [-0.15, -0.1) is 0 Å². The molecule has 29 heavy (non-hydrogen) atoms. The summed E-state index contributed by atoms with van der Waals surface area (Å²) in [6, 6.07) is 5.52. The van der Waals surface area contributed by atoms with Gasteiger partial charge in [-0.1, -0.05) is 23.2 Å². The summed E-state index contributed by atoms with van der Waals surface area (Å²) in [6.07, 6.45) is -2.11. The zero-order chi connectivity index (χ0) is 21.1. The number of rotatable bonds is 3. The monoisotopic (exact) mass is 502 g/mol. The Kier molecular flexibility index (Phi) is 5.35. The van der Waals surface area contributed by atoms with Gasteiger partial charge < -0.3 is 23.5 Å². The Bertz CT molecular complexity index is 1050. The molecule has 0 unspecified atom stereocenters. The Balaban J connectivity index is 1.82. The fourth-order valence-corrected chi connectivity index (χ4v) is 4.85. The highest BCUT2D eigenvalue weighted by Gasteiger charge is 2.56. The summed E-state index contributed by atoms with van der Waals surface area (Å²) in [5, 5.41) is 11.0. The van der Waals surface area contributed by atoms with E-state index in [1.807, 2.05) is 13.8 Å². The maximum Gasteiger partial charge on any atom is 0.302 e. The average Bonchev–Trinajstić information content (AvgIpc) is 3.20. The lowest BCUT2D eigenvalue weighted by atomic mass is 10.1. The first-order chi connectivity index (χ1) is 13.6. The lowest BCUT2D eigenvalue weighted by molar-refractivity contribution is -0.202. The van der Waals surface area contributed by atoms with E-state index in [1.54, 1.807) is 16.7 Å². The molecule has 2 aliphatic rings. The summed E-state index contributed by atoms with van der Waals surface area (Å²) in [6.45, 7) is 4.98. The highest BCUT2D eigenvalue weighted by molar-refractivity contribution is 9.10. The molecular formula is C19H17BrCl2N2O5. The molecule has 4 atom stereocenters. The largest absolute Gasteiger partial charge is 0.463 e. The van der Waals surface area contributed by atoms with Gasteiger partial charge in [-0.2, -0.15) is 5.26 Å². The van der Waals surface area contributed by atoms with Gasteiger partial charge in [0, 0.05) is 12.3 Å². The first-order valence-corrected chi connectivity index (χ1v) is 10.4. The van der Waals surface area contributed by atoms with Crippen LogP contribution in [0.5, 0.6) is 0 Å². The summed E-state index contributed by atoms with van der Waals surface area (Å²) in [4.78, 5) is 11.3. The third kappa shape index (κ3) is 3.54. The third-order valence-electron chi connectivity index (χ3n) is 4.93. The van der Waals surface area contributed by atoms with Crippen LogP contribution in [0.4, 0.5) is 0 Å². The van der Waals surface area contributed by atoms with Crippen molar-refractivity contribution in [3.05, 3.63) is 32.3 Å². The second-order valence-corrected chi connectivity index (χ2v) is 8.93. The molecule has 2 fully saturated rings. The van der Waals surface area contributed by atoms with Crippen LogP contribution in [0.15, 0.2) is 16.7 Å². The van der Waals surface area contributed by atoms with Gasteiger partial charge in [0.05, 0.1) is 21.1 Å². The molecule has 1 aromatic carbocycles. The van der Waals surface area contributed by atoms with Crippen molar-refractivity contribution in [3.8, 4) is 6.07 Å². The second-order valence-electron chi connectivity index (χ2n) is 7.36. The van der Waals surface area contributed by atoms with Crippen molar-refractivity contribution < 1.29 is 23.7 Å². The number of hydrogen-bond acceptors (Lipinski definition) is 6. The molecule has 4 rings (SSSR count). The molecule has 0 saturated carbocycles. The van der Waals surface area contributed by atoms with Crippen LogP contribution in [0.2, 0.25) is 10.0 Å². The highest BCUT2D eigenvalue weighted by Crippen LogP contribution is 2.47. The number of nitriles is 1. The van der Waals surface area contributed by atoms with E-state index in [0.29, 0.717) is 31.1 Å². The van der Waals surface area contributed by atoms with Crippen LogP contribution < -0.4 is 0 Å². The van der Waals surface area contributed by atoms with E-state index in [4.69, 9.17) is 42.1 Å². The SMILES string of the molecule is CC(=O)OC[C@H]1O[C@@H](n2c(Br)c(C#N)c3cc(Cl)c(Cl)cc32)[C@@H]2OC(C)(C)O[C@@H]21. The number of esters is 1. The van der Waals surface area contributed by atoms with E-state index < -0.39 is 36.3 Å². The molecule has 0 spiro atoms. The van der Waals surface area contributed by atoms with E-state index in [2.05, 4.69) is 22.0 Å². The summed E-state index contributed by atoms with van der Waals surface area (Å²) in [7, 11) is 0. The lowest BCUT2D eigenvalue weighted by Gasteiger charge is -2.25. The van der Waals surface area contributed by atoms with Gasteiger partial charge in [-0.25, -0.2) is 0 Å². The molecule has 3 heterocycles. The molecule has 0 bridgehead atoms. The number of aromatic nitrogens is 1. The minimum Gasteiger partial charge on any atom is -0.463 e. The van der Waals surface area contributed by atoms with Gasteiger partial charge in [-0.05, 0) is 41.9 Å². The number of benzene rings is 1. The Labute approximate surface area is 185 Å². The van der Waals surface area contributed by atoms with E-state index in [-0.39, 0.29) is 6.61 Å². The van der Waals surface area contributed by atoms with E-state index in [0.717, 1.165) is 0 Å². The molecule has 1 aromatic heterocycles. The molecule has 10 heteroatoms. The van der Waals surface area contributed by atoms with Crippen molar-refractivity contribution in [2.75, 3.05) is 6.61 Å². The minimum atomic E-state index is -0.833. The zero-order valence-electron chi connectivity index (χ0n) is 15.7. The van der Waals surface area contributed by atoms with Gasteiger partial charge in [0.2, 0.25) is 0 Å². The zero-order valence-corrected chi connectivity index (χ0v) is 18.8. The first kappa shape index (κ1) is 20.9. The van der Waals surface area contributed by atoms with Crippen molar-refractivity contribution >= 4 is 56.0 Å². The molecule has 154 valence electrons. The van der Waals surface area contributed by atoms with Crippen LogP contribution in [0.3, 0.4) is 0 Å². The topological polar surface area (TPSA) is 82.7 Å². The number of fused-ring (bicyclic) bond motifs is 2. The predicted octanol–water partition coefficient (Wildman–Crippen LogP) is 4.56. The third-order valence-corrected chi connectivity index (χ3v) is 6.43. The summed E-state index contributed by atoms with van der Waals surface area (Å²) in [5.74, 6) is -1.24. The molecule has 2 aromatic rings. The Morgan fingerprint density at radius 1 is 1.31 bits per heavy atom. The predicted molar refractivity (Wildman–Crippen MR) is 109 cm³/mol. The second kappa shape index (κ2) is 7.41. The summed E-state index contributed by atoms with van der Waals surface area (Å²) >= 11 is 15.9. The van der Waals surface area contributed by atoms with Gasteiger partial charge in [0.1, 0.15) is 35.6 Å². The fraction of sp³-hybridized carbons (Fsp3) is 0.474. The summed E-state index contributed by atoms with van der Waals surface area (Å²) < 4.78 is 25.8. The molecule has 0 amide bonds. The Morgan fingerprint density at radius 3 is 2.62 bits per heavy atom. The Hall–Kier alpha value is -1.34. The van der Waals surface area contributed by atoms with Crippen LogP contribution in [-0.4, -0.2) is 41.2 Å². The number of carbonyl (C=O) groups excluding carboxylic acids is 1. The Morgan fingerprint density at radius 2 is 1.97 bits per heavy atom. The number of hydrogen-bond donors (Lipinski definition) is 0. The van der Waals surface area contributed by atoms with Gasteiger partial charge >= 0.3 is 5.97 Å². The van der Waals surface area contributed by atoms with Crippen LogP contribution in [0.25, 0.3) is 10.9 Å². The molecule has 2 saturated heterocycles. The van der Waals surface area contributed by atoms with Crippen molar-refractivity contribution in [2.24, 2.45) is 0 Å². The van der Waals surface area contributed by atoms with Gasteiger partial charge in [-0.3, -0.25) is 4.79 Å². The van der Waals surface area contributed by atoms with E-state index in [1.165, 1.54) is 6.92 Å². The maximum atomic E-state index is 11.3. The van der Waals surface area contributed by atoms with Gasteiger partial charge in [0.15, 0.2) is 12.0 Å². The highest BCUT2D eigenvalue weighted by atomic mass is 79.9. The molecule has 2 aliphatic heterocycles. The van der Waals surface area contributed by atoms with Crippen molar-refractivity contribution in [2.45, 2.75) is 51.1 Å². The molecule has 0 N–H and O–H groups in total. The molecule has 0 aliphatic carbocycles. The van der Waals surface area contributed by atoms with Crippen molar-refractivity contribution in [1.29, 1.82) is 5.26 Å². The normalized spacial score (nSPS) is 27.8. The number of halogens is 3. The van der Waals surface area contributed by atoms with Crippen LogP contribution in [0.1, 0.15) is 32.6 Å². The van der Waals surface area contributed by atoms with E-state index >= 15 is 0 Å². The average molecular weight is 504 g/mol. The van der Waals surface area contributed by atoms with Crippen LogP contribution in [0, 0.1) is 11.3 Å². The van der Waals surface area contributed by atoms with Crippen molar-refractivity contribution in [3.63, 3.8) is 0 Å². The molecule has 7 nitrogen and oxygen atoms in total. The number of carbonyl (C=O) groups is 1. The number of nitrogens with zero attached hydrogens (tertiary/aromatic N) is 2. The number of ether oxygens (including phenoxy) is 4. The van der Waals surface area contributed by atoms with Crippen LogP contribution in [-0.2, 0) is 23.7 Å². The maximum absolute atomic E-state index is 11.3. The molecule has 0 radical (unpaired) electrons. The quantitative estimate of drug-likeness (QED) is 0.571. The van der Waals surface area contributed by atoms with Crippen LogP contribution >= 0.6 is 39.1 Å². The smallest absolute Gasteiger partial charge is 0.302 e. The molecular weight excluding hydrogens is 487 g/mol. The standard InChI is InChI=1S/C19H17BrCl2N2O5/c1-8(25)26-7-14-15-16(29-19(2,3)28-15)18(27-14)24-13-5-12(22)11(21)4-9(13)10(6-23)17(24)20/h4-5,14-16,18H,7H2,1-3H3/t14-,15-,16-,18-/m1/s1. The van der Waals surface area contributed by atoms with E-state index in [9.17, 15) is 10.1 Å². The lowest BCUT2D eigenvalue weighted by Crippen LogP contribution is -2.33. The van der Waals surface area contributed by atoms with Crippen molar-refractivity contribution in [1.82, 2.24) is 4.57 Å².